The highest BCUT2D eigenvalue weighted by atomic mass is 19.1. The molecule has 78 valence electrons. The number of fused-ring (bicyclic) bond motifs is 1. The SMILES string of the molecule is FCCOCc1cccc2ccccc12. The van der Waals surface area contributed by atoms with Gasteiger partial charge < -0.3 is 4.74 Å². The van der Waals surface area contributed by atoms with E-state index < -0.39 is 6.67 Å². The maximum absolute atomic E-state index is 11.9. The van der Waals surface area contributed by atoms with Crippen molar-refractivity contribution >= 4 is 10.8 Å². The summed E-state index contributed by atoms with van der Waals surface area (Å²) >= 11 is 0. The lowest BCUT2D eigenvalue weighted by Crippen LogP contribution is -1.97. The Bertz CT molecular complexity index is 434. The number of hydrogen-bond acceptors (Lipinski definition) is 1. The van der Waals surface area contributed by atoms with Crippen LogP contribution in [0.4, 0.5) is 4.39 Å². The average Bonchev–Trinajstić information content (AvgIpc) is 2.30. The van der Waals surface area contributed by atoms with Crippen LogP contribution < -0.4 is 0 Å². The molecule has 0 N–H and O–H groups in total. The monoisotopic (exact) mass is 204 g/mol. The fraction of sp³-hybridized carbons (Fsp3) is 0.231. The Labute approximate surface area is 88.5 Å². The lowest BCUT2D eigenvalue weighted by Gasteiger charge is -2.06. The number of halogens is 1. The van der Waals surface area contributed by atoms with Crippen LogP contribution in [0.5, 0.6) is 0 Å². The second-order valence-corrected chi connectivity index (χ2v) is 3.38. The lowest BCUT2D eigenvalue weighted by molar-refractivity contribution is 0.107. The van der Waals surface area contributed by atoms with Crippen LogP contribution in [0.3, 0.4) is 0 Å². The third-order valence-corrected chi connectivity index (χ3v) is 2.36. The van der Waals surface area contributed by atoms with Gasteiger partial charge in [-0.05, 0) is 16.3 Å². The van der Waals surface area contributed by atoms with Crippen LogP contribution in [0, 0.1) is 0 Å². The Morgan fingerprint density at radius 2 is 1.80 bits per heavy atom. The molecule has 0 unspecified atom stereocenters. The van der Waals surface area contributed by atoms with Crippen molar-refractivity contribution in [2.24, 2.45) is 0 Å². The van der Waals surface area contributed by atoms with Gasteiger partial charge in [0.05, 0.1) is 13.2 Å². The first-order chi connectivity index (χ1) is 7.42. The molecule has 0 radical (unpaired) electrons. The molecule has 0 aromatic heterocycles. The van der Waals surface area contributed by atoms with E-state index in [1.165, 1.54) is 10.8 Å². The van der Waals surface area contributed by atoms with Gasteiger partial charge >= 0.3 is 0 Å². The number of rotatable bonds is 4. The van der Waals surface area contributed by atoms with Gasteiger partial charge in [0.25, 0.3) is 0 Å². The summed E-state index contributed by atoms with van der Waals surface area (Å²) in [6.07, 6.45) is 0. The predicted molar refractivity (Wildman–Crippen MR) is 59.6 cm³/mol. The Kier molecular flexibility index (Phi) is 3.30. The summed E-state index contributed by atoms with van der Waals surface area (Å²) < 4.78 is 17.1. The molecule has 0 spiro atoms. The summed E-state index contributed by atoms with van der Waals surface area (Å²) in [4.78, 5) is 0. The highest BCUT2D eigenvalue weighted by molar-refractivity contribution is 5.85. The molecule has 2 rings (SSSR count). The van der Waals surface area contributed by atoms with Crippen molar-refractivity contribution in [3.63, 3.8) is 0 Å². The Morgan fingerprint density at radius 3 is 2.67 bits per heavy atom. The summed E-state index contributed by atoms with van der Waals surface area (Å²) in [6.45, 7) is 0.221. The smallest absolute Gasteiger partial charge is 0.113 e. The van der Waals surface area contributed by atoms with Gasteiger partial charge in [0.15, 0.2) is 0 Å². The Hall–Kier alpha value is -1.41. The van der Waals surface area contributed by atoms with E-state index in [0.717, 1.165) is 5.56 Å². The zero-order valence-corrected chi connectivity index (χ0v) is 8.45. The summed E-state index contributed by atoms with van der Waals surface area (Å²) in [5.41, 5.74) is 1.11. The van der Waals surface area contributed by atoms with Crippen molar-refractivity contribution in [3.8, 4) is 0 Å². The van der Waals surface area contributed by atoms with Crippen LogP contribution in [0.15, 0.2) is 42.5 Å². The van der Waals surface area contributed by atoms with Gasteiger partial charge in [0, 0.05) is 0 Å². The molecule has 2 aromatic carbocycles. The van der Waals surface area contributed by atoms with Gasteiger partial charge in [-0.1, -0.05) is 42.5 Å². The number of ether oxygens (including phenoxy) is 1. The van der Waals surface area contributed by atoms with E-state index in [9.17, 15) is 4.39 Å². The average molecular weight is 204 g/mol. The van der Waals surface area contributed by atoms with E-state index in [-0.39, 0.29) is 6.61 Å². The van der Waals surface area contributed by atoms with Gasteiger partial charge in [-0.15, -0.1) is 0 Å². The predicted octanol–water partition coefficient (Wildman–Crippen LogP) is 3.33. The molecule has 0 atom stereocenters. The minimum Gasteiger partial charge on any atom is -0.374 e. The van der Waals surface area contributed by atoms with E-state index in [1.54, 1.807) is 0 Å². The van der Waals surface area contributed by atoms with Crippen molar-refractivity contribution < 1.29 is 9.13 Å². The van der Waals surface area contributed by atoms with Crippen LogP contribution in [0.25, 0.3) is 10.8 Å². The summed E-state index contributed by atoms with van der Waals surface area (Å²) in [6, 6.07) is 14.2. The molecule has 15 heavy (non-hydrogen) atoms. The van der Waals surface area contributed by atoms with E-state index in [1.807, 2.05) is 24.3 Å². The van der Waals surface area contributed by atoms with Crippen molar-refractivity contribution in [1.82, 2.24) is 0 Å². The Morgan fingerprint density at radius 1 is 1.00 bits per heavy atom. The van der Waals surface area contributed by atoms with Crippen LogP contribution in [0.2, 0.25) is 0 Å². The third kappa shape index (κ3) is 2.34. The van der Waals surface area contributed by atoms with Gasteiger partial charge in [0.2, 0.25) is 0 Å². The van der Waals surface area contributed by atoms with Gasteiger partial charge in [-0.3, -0.25) is 0 Å². The van der Waals surface area contributed by atoms with Crippen LogP contribution in [-0.4, -0.2) is 13.3 Å². The molecule has 0 saturated heterocycles. The lowest BCUT2D eigenvalue weighted by atomic mass is 10.1. The first-order valence-corrected chi connectivity index (χ1v) is 5.02. The molecule has 2 heteroatoms. The van der Waals surface area contributed by atoms with Gasteiger partial charge in [-0.2, -0.15) is 0 Å². The van der Waals surface area contributed by atoms with Crippen LogP contribution in [0.1, 0.15) is 5.56 Å². The van der Waals surface area contributed by atoms with E-state index >= 15 is 0 Å². The molecule has 1 nitrogen and oxygen atoms in total. The topological polar surface area (TPSA) is 9.23 Å². The molecule has 0 aliphatic rings. The fourth-order valence-electron chi connectivity index (χ4n) is 1.66. The van der Waals surface area contributed by atoms with Gasteiger partial charge in [-0.25, -0.2) is 4.39 Å². The largest absolute Gasteiger partial charge is 0.374 e. The second-order valence-electron chi connectivity index (χ2n) is 3.38. The van der Waals surface area contributed by atoms with Crippen molar-refractivity contribution in [1.29, 1.82) is 0 Å². The van der Waals surface area contributed by atoms with Crippen molar-refractivity contribution in [2.45, 2.75) is 6.61 Å². The molecule has 0 amide bonds. The van der Waals surface area contributed by atoms with Crippen LogP contribution in [-0.2, 0) is 11.3 Å². The molecule has 2 aromatic rings. The molecule has 0 aliphatic heterocycles. The van der Waals surface area contributed by atoms with E-state index in [4.69, 9.17) is 4.74 Å². The number of hydrogen-bond donors (Lipinski definition) is 0. The van der Waals surface area contributed by atoms with Crippen LogP contribution >= 0.6 is 0 Å². The third-order valence-electron chi connectivity index (χ3n) is 2.36. The molecule has 0 heterocycles. The fourth-order valence-corrected chi connectivity index (χ4v) is 1.66. The van der Waals surface area contributed by atoms with E-state index in [0.29, 0.717) is 6.61 Å². The molecule has 0 saturated carbocycles. The zero-order chi connectivity index (χ0) is 10.5. The number of alkyl halides is 1. The molecular weight excluding hydrogens is 191 g/mol. The summed E-state index contributed by atoms with van der Waals surface area (Å²) in [5.74, 6) is 0. The standard InChI is InChI=1S/C13H13FO/c14-8-9-15-10-12-6-3-5-11-4-1-2-7-13(11)12/h1-7H,8-10H2. The minimum atomic E-state index is -0.426. The van der Waals surface area contributed by atoms with Crippen molar-refractivity contribution in [3.05, 3.63) is 48.0 Å². The highest BCUT2D eigenvalue weighted by Gasteiger charge is 1.99. The van der Waals surface area contributed by atoms with Gasteiger partial charge in [0.1, 0.15) is 6.67 Å². The first-order valence-electron chi connectivity index (χ1n) is 5.02. The normalized spacial score (nSPS) is 10.7. The highest BCUT2D eigenvalue weighted by Crippen LogP contribution is 2.18. The molecule has 0 bridgehead atoms. The zero-order valence-electron chi connectivity index (χ0n) is 8.45. The summed E-state index contributed by atoms with van der Waals surface area (Å²) in [7, 11) is 0. The first kappa shape index (κ1) is 10.1. The molecule has 0 aliphatic carbocycles. The summed E-state index contributed by atoms with van der Waals surface area (Å²) in [5, 5.41) is 2.37. The second kappa shape index (κ2) is 4.89. The minimum absolute atomic E-state index is 0.170. The number of benzene rings is 2. The quantitative estimate of drug-likeness (QED) is 0.694. The van der Waals surface area contributed by atoms with E-state index in [2.05, 4.69) is 18.2 Å². The molecular formula is C13H13FO. The van der Waals surface area contributed by atoms with Crippen molar-refractivity contribution in [2.75, 3.05) is 13.3 Å². The maximum Gasteiger partial charge on any atom is 0.113 e. The molecule has 0 fully saturated rings. The Balaban J connectivity index is 2.26. The maximum atomic E-state index is 11.9.